The second-order valence-corrected chi connectivity index (χ2v) is 11.0. The van der Waals surface area contributed by atoms with E-state index in [4.69, 9.17) is 11.6 Å². The van der Waals surface area contributed by atoms with Gasteiger partial charge in [-0.25, -0.2) is 8.42 Å². The molecule has 0 radical (unpaired) electrons. The first-order chi connectivity index (χ1) is 16.3. The zero-order chi connectivity index (χ0) is 24.6. The van der Waals surface area contributed by atoms with Crippen LogP contribution >= 0.6 is 11.6 Å². The van der Waals surface area contributed by atoms with Crippen molar-refractivity contribution in [1.29, 1.82) is 0 Å². The number of hydrogen-bond donors (Lipinski definition) is 1. The monoisotopic (exact) mass is 498 g/mol. The summed E-state index contributed by atoms with van der Waals surface area (Å²) in [6.07, 6.45) is 1.19. The molecule has 1 amide bonds. The van der Waals surface area contributed by atoms with Gasteiger partial charge in [0, 0.05) is 23.8 Å². The summed E-state index contributed by atoms with van der Waals surface area (Å²) in [7, 11) is -3.25. The predicted octanol–water partition coefficient (Wildman–Crippen LogP) is 5.73. The minimum atomic E-state index is -3.25. The highest BCUT2D eigenvalue weighted by Gasteiger charge is 2.13. The molecule has 0 heterocycles. The molecule has 0 fully saturated rings. The van der Waals surface area contributed by atoms with Crippen LogP contribution in [0.1, 0.15) is 37.0 Å². The molecule has 180 valence electrons. The molecule has 0 saturated heterocycles. The lowest BCUT2D eigenvalue weighted by Crippen LogP contribution is -2.23. The number of halogens is 1. The standard InChI is InChI=1S/C27H31ClN2O3S/c1-3-16-30(19-22-8-6-5-7-9-22)20-23-12-13-24(18-26(23)28)29-27(31)17-21-10-14-25(15-11-21)34(32,33)4-2/h5-15,18H,3-4,16-17,19-20H2,1-2H3,(H,29,31). The van der Waals surface area contributed by atoms with Crippen LogP contribution in [-0.2, 0) is 34.1 Å². The number of hydrogen-bond acceptors (Lipinski definition) is 4. The van der Waals surface area contributed by atoms with Crippen LogP contribution < -0.4 is 5.32 Å². The zero-order valence-corrected chi connectivity index (χ0v) is 21.2. The Balaban J connectivity index is 1.61. The van der Waals surface area contributed by atoms with Gasteiger partial charge in [0.1, 0.15) is 0 Å². The predicted molar refractivity (Wildman–Crippen MR) is 139 cm³/mol. The van der Waals surface area contributed by atoms with Crippen molar-refractivity contribution in [3.63, 3.8) is 0 Å². The third-order valence-corrected chi connectivity index (χ3v) is 7.65. The normalized spacial score (nSPS) is 11.5. The summed E-state index contributed by atoms with van der Waals surface area (Å²) in [5.74, 6) is -0.141. The second kappa shape index (κ2) is 12.2. The van der Waals surface area contributed by atoms with Gasteiger partial charge in [-0.1, -0.05) is 74.0 Å². The first-order valence-electron chi connectivity index (χ1n) is 11.5. The molecule has 0 aliphatic heterocycles. The van der Waals surface area contributed by atoms with Crippen LogP contribution in [0.3, 0.4) is 0 Å². The third-order valence-electron chi connectivity index (χ3n) is 5.55. The van der Waals surface area contributed by atoms with Crippen LogP contribution in [0, 0.1) is 0 Å². The molecule has 3 aromatic carbocycles. The van der Waals surface area contributed by atoms with E-state index in [2.05, 4.69) is 29.3 Å². The quantitative estimate of drug-likeness (QED) is 0.367. The fourth-order valence-corrected chi connectivity index (χ4v) is 4.86. The molecule has 0 atom stereocenters. The van der Waals surface area contributed by atoms with Crippen molar-refractivity contribution in [1.82, 2.24) is 4.90 Å². The van der Waals surface area contributed by atoms with Crippen molar-refractivity contribution in [3.8, 4) is 0 Å². The number of carbonyl (C=O) groups is 1. The molecule has 5 nitrogen and oxygen atoms in total. The van der Waals surface area contributed by atoms with Crippen LogP contribution in [-0.4, -0.2) is 31.5 Å². The zero-order valence-electron chi connectivity index (χ0n) is 19.6. The Labute approximate surface area is 207 Å². The number of carbonyl (C=O) groups excluding carboxylic acids is 1. The van der Waals surface area contributed by atoms with Crippen molar-refractivity contribution in [3.05, 3.63) is 94.5 Å². The van der Waals surface area contributed by atoms with Gasteiger partial charge >= 0.3 is 0 Å². The van der Waals surface area contributed by atoms with Gasteiger partial charge in [-0.2, -0.15) is 0 Å². The largest absolute Gasteiger partial charge is 0.326 e. The molecule has 0 bridgehead atoms. The molecule has 0 unspecified atom stereocenters. The van der Waals surface area contributed by atoms with Gasteiger partial charge in [-0.05, 0) is 53.9 Å². The van der Waals surface area contributed by atoms with E-state index in [1.165, 1.54) is 5.56 Å². The van der Waals surface area contributed by atoms with E-state index in [9.17, 15) is 13.2 Å². The maximum absolute atomic E-state index is 12.5. The maximum atomic E-state index is 12.5. The Bertz CT molecular complexity index is 1200. The molecule has 0 aromatic heterocycles. The van der Waals surface area contributed by atoms with E-state index in [1.54, 1.807) is 37.3 Å². The van der Waals surface area contributed by atoms with Crippen molar-refractivity contribution < 1.29 is 13.2 Å². The lowest BCUT2D eigenvalue weighted by atomic mass is 10.1. The van der Waals surface area contributed by atoms with Crippen molar-refractivity contribution >= 4 is 33.0 Å². The Morgan fingerprint density at radius 1 is 0.912 bits per heavy atom. The van der Waals surface area contributed by atoms with Gasteiger partial charge in [0.2, 0.25) is 5.91 Å². The Hall–Kier alpha value is -2.67. The molecule has 1 N–H and O–H groups in total. The van der Waals surface area contributed by atoms with Crippen LogP contribution in [0.2, 0.25) is 5.02 Å². The average Bonchev–Trinajstić information content (AvgIpc) is 2.82. The van der Waals surface area contributed by atoms with Gasteiger partial charge in [0.25, 0.3) is 0 Å². The fraction of sp³-hybridized carbons (Fsp3) is 0.296. The highest BCUT2D eigenvalue weighted by atomic mass is 35.5. The molecule has 0 spiro atoms. The summed E-state index contributed by atoms with van der Waals surface area (Å²) in [6, 6.07) is 22.4. The van der Waals surface area contributed by atoms with E-state index in [0.717, 1.165) is 37.2 Å². The smallest absolute Gasteiger partial charge is 0.228 e. The summed E-state index contributed by atoms with van der Waals surface area (Å²) in [6.45, 7) is 6.30. The number of sulfone groups is 1. The van der Waals surface area contributed by atoms with E-state index in [0.29, 0.717) is 10.7 Å². The summed E-state index contributed by atoms with van der Waals surface area (Å²) >= 11 is 6.56. The van der Waals surface area contributed by atoms with E-state index >= 15 is 0 Å². The minimum absolute atomic E-state index is 0.0477. The number of nitrogens with zero attached hydrogens (tertiary/aromatic N) is 1. The van der Waals surface area contributed by atoms with Gasteiger partial charge < -0.3 is 5.32 Å². The first kappa shape index (κ1) is 25.9. The topological polar surface area (TPSA) is 66.5 Å². The van der Waals surface area contributed by atoms with E-state index in [-0.39, 0.29) is 23.0 Å². The first-order valence-corrected chi connectivity index (χ1v) is 13.5. The molecule has 34 heavy (non-hydrogen) atoms. The summed E-state index contributed by atoms with van der Waals surface area (Å²) in [4.78, 5) is 15.1. The Kier molecular flexibility index (Phi) is 9.28. The molecule has 0 saturated carbocycles. The Morgan fingerprint density at radius 2 is 1.62 bits per heavy atom. The van der Waals surface area contributed by atoms with Gasteiger partial charge in [0.15, 0.2) is 9.84 Å². The molecular formula is C27H31ClN2O3S. The van der Waals surface area contributed by atoms with Crippen LogP contribution in [0.5, 0.6) is 0 Å². The molecule has 7 heteroatoms. The number of amides is 1. The number of nitrogens with one attached hydrogen (secondary N) is 1. The molecule has 3 aromatic rings. The third kappa shape index (κ3) is 7.42. The molecule has 0 aliphatic carbocycles. The minimum Gasteiger partial charge on any atom is -0.326 e. The van der Waals surface area contributed by atoms with E-state index < -0.39 is 9.84 Å². The summed E-state index contributed by atoms with van der Waals surface area (Å²) in [5, 5.41) is 3.49. The summed E-state index contributed by atoms with van der Waals surface area (Å²) in [5.41, 5.74) is 3.65. The number of anilines is 1. The lowest BCUT2D eigenvalue weighted by molar-refractivity contribution is -0.115. The highest BCUT2D eigenvalue weighted by Crippen LogP contribution is 2.24. The molecule has 0 aliphatic rings. The second-order valence-electron chi connectivity index (χ2n) is 8.27. The molecular weight excluding hydrogens is 468 g/mol. The van der Waals surface area contributed by atoms with Crippen LogP contribution in [0.25, 0.3) is 0 Å². The molecule has 3 rings (SSSR count). The SMILES string of the molecule is CCCN(Cc1ccccc1)Cc1ccc(NC(=O)Cc2ccc(S(=O)(=O)CC)cc2)cc1Cl. The van der Waals surface area contributed by atoms with E-state index in [1.807, 2.05) is 30.3 Å². The van der Waals surface area contributed by atoms with Crippen LogP contribution in [0.15, 0.2) is 77.7 Å². The average molecular weight is 499 g/mol. The summed E-state index contributed by atoms with van der Waals surface area (Å²) < 4.78 is 23.9. The van der Waals surface area contributed by atoms with Crippen LogP contribution in [0.4, 0.5) is 5.69 Å². The van der Waals surface area contributed by atoms with Crippen molar-refractivity contribution in [2.24, 2.45) is 0 Å². The number of rotatable bonds is 11. The van der Waals surface area contributed by atoms with Crippen molar-refractivity contribution in [2.75, 3.05) is 17.6 Å². The Morgan fingerprint density at radius 3 is 2.24 bits per heavy atom. The highest BCUT2D eigenvalue weighted by molar-refractivity contribution is 7.91. The van der Waals surface area contributed by atoms with Gasteiger partial charge in [-0.15, -0.1) is 0 Å². The fourth-order valence-electron chi connectivity index (χ4n) is 3.74. The van der Waals surface area contributed by atoms with Crippen molar-refractivity contribution in [2.45, 2.75) is 44.7 Å². The maximum Gasteiger partial charge on any atom is 0.228 e. The van der Waals surface area contributed by atoms with Gasteiger partial charge in [0.05, 0.1) is 17.1 Å². The number of benzene rings is 3. The lowest BCUT2D eigenvalue weighted by Gasteiger charge is -2.22. The van der Waals surface area contributed by atoms with Gasteiger partial charge in [-0.3, -0.25) is 9.69 Å².